The van der Waals surface area contributed by atoms with Crippen LogP contribution in [0.4, 0.5) is 5.82 Å². The van der Waals surface area contributed by atoms with Gasteiger partial charge < -0.3 is 14.6 Å². The Hall–Kier alpha value is -1.62. The van der Waals surface area contributed by atoms with Gasteiger partial charge in [0.15, 0.2) is 5.82 Å². The van der Waals surface area contributed by atoms with Crippen molar-refractivity contribution < 1.29 is 4.74 Å². The maximum atomic E-state index is 5.02. The molecule has 0 bridgehead atoms. The number of methoxy groups -OCH3 is 1. The van der Waals surface area contributed by atoms with Crippen molar-refractivity contribution in [3.63, 3.8) is 0 Å². The summed E-state index contributed by atoms with van der Waals surface area (Å²) in [6, 6.07) is 1.98. The second kappa shape index (κ2) is 6.35. The minimum Gasteiger partial charge on any atom is -0.385 e. The van der Waals surface area contributed by atoms with Crippen LogP contribution < -0.4 is 5.32 Å². The highest BCUT2D eigenvalue weighted by Gasteiger charge is 2.05. The van der Waals surface area contributed by atoms with Gasteiger partial charge in [-0.15, -0.1) is 0 Å². The topological polar surface area (TPSA) is 52.0 Å². The zero-order chi connectivity index (χ0) is 12.8. The lowest BCUT2D eigenvalue weighted by atomic mass is 10.2. The molecule has 0 aliphatic heterocycles. The van der Waals surface area contributed by atoms with E-state index in [1.165, 1.54) is 6.42 Å². The monoisotopic (exact) mass is 248 g/mol. The first kappa shape index (κ1) is 12.8. The van der Waals surface area contributed by atoms with Gasteiger partial charge in [0.1, 0.15) is 5.52 Å². The molecule has 18 heavy (non-hydrogen) atoms. The lowest BCUT2D eigenvalue weighted by molar-refractivity contribution is 0.192. The zero-order valence-electron chi connectivity index (χ0n) is 11.0. The highest BCUT2D eigenvalue weighted by atomic mass is 16.5. The van der Waals surface area contributed by atoms with Crippen LogP contribution in [-0.2, 0) is 11.8 Å². The number of anilines is 1. The van der Waals surface area contributed by atoms with Gasteiger partial charge >= 0.3 is 0 Å². The van der Waals surface area contributed by atoms with Gasteiger partial charge in [0, 0.05) is 33.5 Å². The van der Waals surface area contributed by atoms with E-state index in [0.29, 0.717) is 0 Å². The van der Waals surface area contributed by atoms with Crippen LogP contribution in [0, 0.1) is 0 Å². The summed E-state index contributed by atoms with van der Waals surface area (Å²) >= 11 is 0. The number of ether oxygens (including phenoxy) is 1. The molecule has 0 aromatic carbocycles. The molecule has 0 aliphatic rings. The van der Waals surface area contributed by atoms with Gasteiger partial charge in [-0.05, 0) is 25.3 Å². The van der Waals surface area contributed by atoms with Crippen molar-refractivity contribution in [2.24, 2.45) is 7.05 Å². The number of fused-ring (bicyclic) bond motifs is 1. The number of hydrogen-bond acceptors (Lipinski definition) is 4. The molecular formula is C13H20N4O. The van der Waals surface area contributed by atoms with E-state index < -0.39 is 0 Å². The first-order chi connectivity index (χ1) is 8.83. The molecule has 2 aromatic rings. The summed E-state index contributed by atoms with van der Waals surface area (Å²) in [4.78, 5) is 8.71. The van der Waals surface area contributed by atoms with Gasteiger partial charge in [-0.2, -0.15) is 0 Å². The largest absolute Gasteiger partial charge is 0.385 e. The van der Waals surface area contributed by atoms with Crippen LogP contribution in [0.25, 0.3) is 11.0 Å². The molecule has 0 saturated carbocycles. The first-order valence-corrected chi connectivity index (χ1v) is 6.32. The molecule has 5 nitrogen and oxygen atoms in total. The Labute approximate surface area is 107 Å². The fourth-order valence-electron chi connectivity index (χ4n) is 1.95. The Balaban J connectivity index is 1.88. The summed E-state index contributed by atoms with van der Waals surface area (Å²) in [5.74, 6) is 0.875. The molecule has 0 amide bonds. The fraction of sp³-hybridized carbons (Fsp3) is 0.538. The fourth-order valence-corrected chi connectivity index (χ4v) is 1.95. The summed E-state index contributed by atoms with van der Waals surface area (Å²) in [5, 5.41) is 3.35. The number of unbranched alkanes of at least 4 members (excludes halogenated alkanes) is 2. The Kier molecular flexibility index (Phi) is 4.52. The Bertz CT molecular complexity index is 495. The van der Waals surface area contributed by atoms with Crippen LogP contribution in [0.3, 0.4) is 0 Å². The maximum Gasteiger partial charge on any atom is 0.154 e. The SMILES string of the molecule is COCCCCCNc1nccc2c1ncn2C. The normalized spacial score (nSPS) is 11.0. The molecule has 0 atom stereocenters. The average Bonchev–Trinajstić information content (AvgIpc) is 2.77. The van der Waals surface area contributed by atoms with Gasteiger partial charge in [-0.3, -0.25) is 0 Å². The molecule has 2 aromatic heterocycles. The van der Waals surface area contributed by atoms with Crippen LogP contribution in [0.5, 0.6) is 0 Å². The van der Waals surface area contributed by atoms with E-state index in [1.54, 1.807) is 7.11 Å². The molecule has 0 radical (unpaired) electrons. The summed E-state index contributed by atoms with van der Waals surface area (Å²) in [5.41, 5.74) is 2.05. The number of rotatable bonds is 7. The summed E-state index contributed by atoms with van der Waals surface area (Å²) in [6.45, 7) is 1.76. The number of nitrogens with one attached hydrogen (secondary N) is 1. The Morgan fingerprint density at radius 3 is 3.00 bits per heavy atom. The van der Waals surface area contributed by atoms with E-state index in [4.69, 9.17) is 4.74 Å². The van der Waals surface area contributed by atoms with Crippen LogP contribution in [-0.4, -0.2) is 34.8 Å². The first-order valence-electron chi connectivity index (χ1n) is 6.32. The van der Waals surface area contributed by atoms with Crippen molar-refractivity contribution >= 4 is 16.9 Å². The Morgan fingerprint density at radius 2 is 2.17 bits per heavy atom. The molecule has 98 valence electrons. The van der Waals surface area contributed by atoms with E-state index >= 15 is 0 Å². The average molecular weight is 248 g/mol. The van der Waals surface area contributed by atoms with Crippen LogP contribution in [0.2, 0.25) is 0 Å². The second-order valence-corrected chi connectivity index (χ2v) is 4.36. The molecule has 0 unspecified atom stereocenters. The molecule has 0 saturated heterocycles. The second-order valence-electron chi connectivity index (χ2n) is 4.36. The smallest absolute Gasteiger partial charge is 0.154 e. The zero-order valence-corrected chi connectivity index (χ0v) is 11.0. The van der Waals surface area contributed by atoms with Gasteiger partial charge in [0.25, 0.3) is 0 Å². The predicted molar refractivity (Wildman–Crippen MR) is 72.7 cm³/mol. The van der Waals surface area contributed by atoms with E-state index in [2.05, 4.69) is 15.3 Å². The molecule has 0 spiro atoms. The van der Waals surface area contributed by atoms with E-state index in [1.807, 2.05) is 30.2 Å². The van der Waals surface area contributed by atoms with E-state index in [0.717, 1.165) is 42.8 Å². The minimum absolute atomic E-state index is 0.841. The summed E-state index contributed by atoms with van der Waals surface area (Å²) < 4.78 is 7.02. The third-order valence-corrected chi connectivity index (χ3v) is 2.96. The number of imidazole rings is 1. The van der Waals surface area contributed by atoms with Crippen molar-refractivity contribution in [2.45, 2.75) is 19.3 Å². The number of pyridine rings is 1. The van der Waals surface area contributed by atoms with Crippen molar-refractivity contribution in [2.75, 3.05) is 25.6 Å². The molecule has 0 aliphatic carbocycles. The molecule has 5 heteroatoms. The van der Waals surface area contributed by atoms with Crippen LogP contribution >= 0.6 is 0 Å². The molecule has 1 N–H and O–H groups in total. The highest BCUT2D eigenvalue weighted by molar-refractivity contribution is 5.85. The van der Waals surface area contributed by atoms with Gasteiger partial charge in [0.05, 0.1) is 11.8 Å². The third kappa shape index (κ3) is 2.98. The molecular weight excluding hydrogens is 228 g/mol. The number of aromatic nitrogens is 3. The minimum atomic E-state index is 0.841. The lowest BCUT2D eigenvalue weighted by Gasteiger charge is -2.06. The standard InChI is InChI=1S/C13H20N4O/c1-17-10-16-12-11(17)6-8-15-13(12)14-7-4-3-5-9-18-2/h6,8,10H,3-5,7,9H2,1-2H3,(H,14,15). The van der Waals surface area contributed by atoms with E-state index in [9.17, 15) is 0 Å². The lowest BCUT2D eigenvalue weighted by Crippen LogP contribution is -2.04. The van der Waals surface area contributed by atoms with Gasteiger partial charge in [-0.1, -0.05) is 0 Å². The highest BCUT2D eigenvalue weighted by Crippen LogP contribution is 2.18. The molecule has 2 heterocycles. The van der Waals surface area contributed by atoms with Gasteiger partial charge in [-0.25, -0.2) is 9.97 Å². The van der Waals surface area contributed by atoms with Crippen molar-refractivity contribution in [3.8, 4) is 0 Å². The number of hydrogen-bond donors (Lipinski definition) is 1. The van der Waals surface area contributed by atoms with Crippen molar-refractivity contribution in [1.29, 1.82) is 0 Å². The van der Waals surface area contributed by atoms with Crippen LogP contribution in [0.15, 0.2) is 18.6 Å². The van der Waals surface area contributed by atoms with Gasteiger partial charge in [0.2, 0.25) is 0 Å². The van der Waals surface area contributed by atoms with E-state index in [-0.39, 0.29) is 0 Å². The van der Waals surface area contributed by atoms with Crippen molar-refractivity contribution in [1.82, 2.24) is 14.5 Å². The quantitative estimate of drug-likeness (QED) is 0.763. The molecule has 0 fully saturated rings. The van der Waals surface area contributed by atoms with Crippen LogP contribution in [0.1, 0.15) is 19.3 Å². The maximum absolute atomic E-state index is 5.02. The number of aryl methyl sites for hydroxylation is 1. The number of nitrogens with zero attached hydrogens (tertiary/aromatic N) is 3. The van der Waals surface area contributed by atoms with Crippen molar-refractivity contribution in [3.05, 3.63) is 18.6 Å². The Morgan fingerprint density at radius 1 is 1.28 bits per heavy atom. The predicted octanol–water partition coefficient (Wildman–Crippen LogP) is 2.20. The molecule has 2 rings (SSSR count). The summed E-state index contributed by atoms with van der Waals surface area (Å²) in [6.07, 6.45) is 7.03. The third-order valence-electron chi connectivity index (χ3n) is 2.96. The summed E-state index contributed by atoms with van der Waals surface area (Å²) in [7, 11) is 3.73.